The fourth-order valence-corrected chi connectivity index (χ4v) is 2.12. The lowest BCUT2D eigenvalue weighted by molar-refractivity contribution is 0.290. The number of nitrogens with one attached hydrogen (secondary N) is 1. The van der Waals surface area contributed by atoms with Crippen molar-refractivity contribution in [3.63, 3.8) is 0 Å². The highest BCUT2D eigenvalue weighted by Crippen LogP contribution is 2.28. The highest BCUT2D eigenvalue weighted by atomic mass is 16.5. The molecule has 1 rings (SSSR count). The standard InChI is InChI=1S/C17H26N2O2/c1-4-15(5-2)19-13-14-8-9-16(20-3)17(12-14)21-11-7-6-10-18/h8-9,12,15,19H,4-7,11,13H2,1-3H3. The average Bonchev–Trinajstić information content (AvgIpc) is 2.52. The van der Waals surface area contributed by atoms with Crippen LogP contribution in [0.4, 0.5) is 0 Å². The van der Waals surface area contributed by atoms with Gasteiger partial charge < -0.3 is 14.8 Å². The van der Waals surface area contributed by atoms with Crippen molar-refractivity contribution in [2.45, 2.75) is 52.1 Å². The number of nitrogens with zero attached hydrogens (tertiary/aromatic N) is 1. The summed E-state index contributed by atoms with van der Waals surface area (Å²) >= 11 is 0. The van der Waals surface area contributed by atoms with Crippen LogP contribution in [0.3, 0.4) is 0 Å². The molecule has 0 aliphatic heterocycles. The van der Waals surface area contributed by atoms with Crippen LogP contribution in [0.2, 0.25) is 0 Å². The van der Waals surface area contributed by atoms with Gasteiger partial charge in [-0.3, -0.25) is 0 Å². The summed E-state index contributed by atoms with van der Waals surface area (Å²) in [5.41, 5.74) is 1.18. The Balaban J connectivity index is 2.63. The van der Waals surface area contributed by atoms with E-state index in [1.165, 1.54) is 5.56 Å². The lowest BCUT2D eigenvalue weighted by atomic mass is 10.1. The van der Waals surface area contributed by atoms with Gasteiger partial charge >= 0.3 is 0 Å². The maximum absolute atomic E-state index is 8.54. The Hall–Kier alpha value is -1.73. The highest BCUT2D eigenvalue weighted by Gasteiger charge is 2.07. The quantitative estimate of drug-likeness (QED) is 0.668. The van der Waals surface area contributed by atoms with Gasteiger partial charge in [-0.25, -0.2) is 0 Å². The first-order valence-electron chi connectivity index (χ1n) is 7.65. The smallest absolute Gasteiger partial charge is 0.161 e. The molecule has 0 heterocycles. The number of rotatable bonds is 10. The Morgan fingerprint density at radius 2 is 2.00 bits per heavy atom. The zero-order valence-electron chi connectivity index (χ0n) is 13.3. The molecule has 0 spiro atoms. The summed E-state index contributed by atoms with van der Waals surface area (Å²) in [6, 6.07) is 8.67. The van der Waals surface area contributed by atoms with Crippen LogP contribution in [0.25, 0.3) is 0 Å². The maximum atomic E-state index is 8.54. The topological polar surface area (TPSA) is 54.3 Å². The molecule has 116 valence electrons. The normalized spacial score (nSPS) is 10.4. The minimum atomic E-state index is 0.512. The monoisotopic (exact) mass is 290 g/mol. The van der Waals surface area contributed by atoms with Crippen molar-refractivity contribution in [3.8, 4) is 17.6 Å². The van der Waals surface area contributed by atoms with E-state index in [2.05, 4.69) is 31.3 Å². The van der Waals surface area contributed by atoms with E-state index in [4.69, 9.17) is 14.7 Å². The number of hydrogen-bond acceptors (Lipinski definition) is 4. The molecule has 4 heteroatoms. The summed E-state index contributed by atoms with van der Waals surface area (Å²) in [5, 5.41) is 12.1. The van der Waals surface area contributed by atoms with Crippen LogP contribution in [-0.2, 0) is 6.54 Å². The number of nitriles is 1. The van der Waals surface area contributed by atoms with Gasteiger partial charge in [0, 0.05) is 19.0 Å². The molecule has 1 aromatic rings. The van der Waals surface area contributed by atoms with Crippen LogP contribution < -0.4 is 14.8 Å². The lowest BCUT2D eigenvalue weighted by Crippen LogP contribution is -2.26. The van der Waals surface area contributed by atoms with Gasteiger partial charge in [0.05, 0.1) is 19.8 Å². The fraction of sp³-hybridized carbons (Fsp3) is 0.588. The van der Waals surface area contributed by atoms with Crippen molar-refractivity contribution >= 4 is 0 Å². The summed E-state index contributed by atoms with van der Waals surface area (Å²) in [6.45, 7) is 5.75. The van der Waals surface area contributed by atoms with Gasteiger partial charge in [-0.15, -0.1) is 0 Å². The Bertz CT molecular complexity index is 451. The maximum Gasteiger partial charge on any atom is 0.161 e. The molecule has 21 heavy (non-hydrogen) atoms. The molecule has 0 amide bonds. The molecular formula is C17H26N2O2. The number of unbranched alkanes of at least 4 members (excludes halogenated alkanes) is 1. The van der Waals surface area contributed by atoms with Gasteiger partial charge in [0.25, 0.3) is 0 Å². The predicted molar refractivity (Wildman–Crippen MR) is 84.5 cm³/mol. The molecule has 0 aliphatic carbocycles. The van der Waals surface area contributed by atoms with Crippen LogP contribution >= 0.6 is 0 Å². The van der Waals surface area contributed by atoms with Gasteiger partial charge in [-0.05, 0) is 37.0 Å². The van der Waals surface area contributed by atoms with Crippen molar-refractivity contribution < 1.29 is 9.47 Å². The largest absolute Gasteiger partial charge is 0.493 e. The molecule has 1 N–H and O–H groups in total. The molecule has 0 saturated heterocycles. The van der Waals surface area contributed by atoms with Crippen LogP contribution in [0.5, 0.6) is 11.5 Å². The van der Waals surface area contributed by atoms with Crippen LogP contribution in [0, 0.1) is 11.3 Å². The van der Waals surface area contributed by atoms with E-state index in [0.29, 0.717) is 19.1 Å². The molecular weight excluding hydrogens is 264 g/mol. The Morgan fingerprint density at radius 1 is 1.24 bits per heavy atom. The van der Waals surface area contributed by atoms with Gasteiger partial charge in [-0.1, -0.05) is 19.9 Å². The highest BCUT2D eigenvalue weighted by molar-refractivity contribution is 5.42. The van der Waals surface area contributed by atoms with E-state index in [-0.39, 0.29) is 0 Å². The molecule has 0 bridgehead atoms. The average molecular weight is 290 g/mol. The number of methoxy groups -OCH3 is 1. The summed E-state index contributed by atoms with van der Waals surface area (Å²) in [4.78, 5) is 0. The van der Waals surface area contributed by atoms with Gasteiger partial charge in [0.1, 0.15) is 0 Å². The minimum absolute atomic E-state index is 0.512. The molecule has 1 aromatic carbocycles. The lowest BCUT2D eigenvalue weighted by Gasteiger charge is -2.16. The van der Waals surface area contributed by atoms with Crippen LogP contribution in [-0.4, -0.2) is 19.8 Å². The fourth-order valence-electron chi connectivity index (χ4n) is 2.12. The molecule has 0 radical (unpaired) electrons. The number of ether oxygens (including phenoxy) is 2. The number of benzene rings is 1. The van der Waals surface area contributed by atoms with E-state index >= 15 is 0 Å². The zero-order valence-corrected chi connectivity index (χ0v) is 13.3. The predicted octanol–water partition coefficient (Wildman–Crippen LogP) is 3.66. The third-order valence-electron chi connectivity index (χ3n) is 3.50. The summed E-state index contributed by atoms with van der Waals surface area (Å²) < 4.78 is 11.0. The molecule has 0 saturated carbocycles. The van der Waals surface area contributed by atoms with Crippen molar-refractivity contribution in [1.82, 2.24) is 5.32 Å². The van der Waals surface area contributed by atoms with E-state index in [1.54, 1.807) is 7.11 Å². The SMILES string of the molecule is CCC(CC)NCc1ccc(OC)c(OCCCC#N)c1. The molecule has 0 unspecified atom stereocenters. The van der Waals surface area contributed by atoms with E-state index in [0.717, 1.165) is 37.3 Å². The summed E-state index contributed by atoms with van der Waals surface area (Å²) in [7, 11) is 1.64. The van der Waals surface area contributed by atoms with E-state index in [9.17, 15) is 0 Å². The second-order valence-electron chi connectivity index (χ2n) is 4.99. The molecule has 0 aliphatic rings. The van der Waals surface area contributed by atoms with Crippen LogP contribution in [0.1, 0.15) is 45.1 Å². The van der Waals surface area contributed by atoms with Gasteiger partial charge in [0.15, 0.2) is 11.5 Å². The first-order chi connectivity index (χ1) is 10.2. The molecule has 0 fully saturated rings. The Kier molecular flexibility index (Phi) is 8.30. The summed E-state index contributed by atoms with van der Waals surface area (Å²) in [6.07, 6.45) is 3.50. The Labute approximate surface area is 128 Å². The van der Waals surface area contributed by atoms with E-state index < -0.39 is 0 Å². The van der Waals surface area contributed by atoms with Crippen molar-refractivity contribution in [2.24, 2.45) is 0 Å². The number of hydrogen-bond donors (Lipinski definition) is 1. The first-order valence-corrected chi connectivity index (χ1v) is 7.65. The minimum Gasteiger partial charge on any atom is -0.493 e. The Morgan fingerprint density at radius 3 is 2.62 bits per heavy atom. The summed E-state index contributed by atoms with van der Waals surface area (Å²) in [5.74, 6) is 1.48. The third-order valence-corrected chi connectivity index (χ3v) is 3.50. The second kappa shape index (κ2) is 10.1. The first kappa shape index (κ1) is 17.3. The van der Waals surface area contributed by atoms with Gasteiger partial charge in [0.2, 0.25) is 0 Å². The molecule has 0 aromatic heterocycles. The van der Waals surface area contributed by atoms with Crippen molar-refractivity contribution in [2.75, 3.05) is 13.7 Å². The third kappa shape index (κ3) is 6.05. The zero-order chi connectivity index (χ0) is 15.5. The second-order valence-corrected chi connectivity index (χ2v) is 4.99. The molecule has 4 nitrogen and oxygen atoms in total. The van der Waals surface area contributed by atoms with Crippen molar-refractivity contribution in [1.29, 1.82) is 5.26 Å². The van der Waals surface area contributed by atoms with E-state index in [1.807, 2.05) is 12.1 Å². The molecule has 0 atom stereocenters. The van der Waals surface area contributed by atoms with Crippen LogP contribution in [0.15, 0.2) is 18.2 Å². The van der Waals surface area contributed by atoms with Gasteiger partial charge in [-0.2, -0.15) is 5.26 Å². The van der Waals surface area contributed by atoms with Crippen molar-refractivity contribution in [3.05, 3.63) is 23.8 Å².